The molecule has 0 radical (unpaired) electrons. The molecule has 0 saturated carbocycles. The maximum Gasteiger partial charge on any atom is 0.421 e. The van der Waals surface area contributed by atoms with Crippen LogP contribution in [0.4, 0.5) is 44.6 Å². The molecule has 1 aromatic rings. The van der Waals surface area contributed by atoms with E-state index in [0.29, 0.717) is 17.1 Å². The zero-order valence-electron chi connectivity index (χ0n) is 11.2. The smallest absolute Gasteiger partial charge is 0.299 e. The Labute approximate surface area is 135 Å². The van der Waals surface area contributed by atoms with Gasteiger partial charge >= 0.3 is 23.9 Å². The van der Waals surface area contributed by atoms with Gasteiger partial charge in [-0.3, -0.25) is 10.1 Å². The first-order valence-electron chi connectivity index (χ1n) is 5.66. The Balaban J connectivity index is 3.36. The molecule has 1 amide bonds. The number of anilines is 1. The molecule has 1 N–H and O–H groups in total. The van der Waals surface area contributed by atoms with Crippen molar-refractivity contribution in [2.45, 2.75) is 29.8 Å². The van der Waals surface area contributed by atoms with E-state index in [4.69, 9.17) is 0 Å². The van der Waals surface area contributed by atoms with Gasteiger partial charge in [-0.2, -0.15) is 39.5 Å². The van der Waals surface area contributed by atoms with Crippen molar-refractivity contribution in [3.05, 3.63) is 0 Å². The fourth-order valence-corrected chi connectivity index (χ4v) is 3.15. The van der Waals surface area contributed by atoms with Crippen molar-refractivity contribution in [2.75, 3.05) is 11.1 Å². The average Bonchev–Trinajstić information content (AvgIpc) is 2.71. The van der Waals surface area contributed by atoms with E-state index in [9.17, 15) is 44.3 Å². The van der Waals surface area contributed by atoms with Crippen molar-refractivity contribution in [3.63, 3.8) is 0 Å². The number of rotatable bonds is 4. The third kappa shape index (κ3) is 3.55. The third-order valence-electron chi connectivity index (χ3n) is 2.51. The van der Waals surface area contributed by atoms with Crippen LogP contribution in [0.3, 0.4) is 0 Å². The van der Waals surface area contributed by atoms with Gasteiger partial charge in [0.05, 0.1) is 0 Å². The second kappa shape index (κ2) is 6.57. The second-order valence-corrected chi connectivity index (χ2v) is 6.49. The van der Waals surface area contributed by atoms with Gasteiger partial charge in [-0.1, -0.05) is 30.0 Å². The second-order valence-electron chi connectivity index (χ2n) is 4.00. The molecule has 1 rings (SSSR count). The van der Waals surface area contributed by atoms with E-state index in [1.54, 1.807) is 6.92 Å². The van der Waals surface area contributed by atoms with Gasteiger partial charge < -0.3 is 0 Å². The monoisotopic (exact) mass is 407 g/mol. The lowest BCUT2D eigenvalue weighted by Gasteiger charge is -2.36. The molecule has 15 heteroatoms. The Bertz CT molecular complexity index is 556. The molecule has 0 unspecified atom stereocenters. The molecule has 0 fully saturated rings. The molecule has 0 aliphatic carbocycles. The van der Waals surface area contributed by atoms with Gasteiger partial charge in [0.15, 0.2) is 4.34 Å². The van der Waals surface area contributed by atoms with E-state index in [2.05, 4.69) is 10.2 Å². The van der Waals surface area contributed by atoms with Crippen LogP contribution in [0.25, 0.3) is 0 Å². The van der Waals surface area contributed by atoms with Gasteiger partial charge in [0.2, 0.25) is 5.13 Å². The van der Waals surface area contributed by atoms with Crippen molar-refractivity contribution in [3.8, 4) is 0 Å². The summed E-state index contributed by atoms with van der Waals surface area (Å²) in [6.07, 6.45) is -20.9. The highest BCUT2D eigenvalue weighted by molar-refractivity contribution is 8.01. The van der Waals surface area contributed by atoms with Crippen LogP contribution in [-0.2, 0) is 4.79 Å². The molecule has 138 valence electrons. The number of carbonyl (C=O) groups excluding carboxylic acids is 1. The van der Waals surface area contributed by atoms with Gasteiger partial charge in [-0.25, -0.2) is 0 Å². The number of carbonyl (C=O) groups is 1. The van der Waals surface area contributed by atoms with Gasteiger partial charge in [0, 0.05) is 0 Å². The lowest BCUT2D eigenvalue weighted by atomic mass is 9.84. The normalized spacial score (nSPS) is 13.9. The van der Waals surface area contributed by atoms with E-state index >= 15 is 0 Å². The number of thioether (sulfide) groups is 1. The van der Waals surface area contributed by atoms with Crippen LogP contribution in [0.5, 0.6) is 0 Å². The van der Waals surface area contributed by atoms with Crippen LogP contribution < -0.4 is 5.32 Å². The highest BCUT2D eigenvalue weighted by atomic mass is 32.2. The molecule has 0 spiro atoms. The van der Waals surface area contributed by atoms with Crippen LogP contribution in [-0.4, -0.2) is 40.4 Å². The number of nitrogens with zero attached hydrogens (tertiary/aromatic N) is 2. The fraction of sp³-hybridized carbons (Fsp3) is 0.667. The number of aromatic nitrogens is 2. The molecule has 4 nitrogen and oxygen atoms in total. The Hall–Kier alpha value is -1.25. The number of amides is 1. The van der Waals surface area contributed by atoms with Crippen LogP contribution in [0.15, 0.2) is 4.34 Å². The number of hydrogen-bond donors (Lipinski definition) is 1. The minimum atomic E-state index is -6.97. The summed E-state index contributed by atoms with van der Waals surface area (Å²) >= 11 is 1.31. The first-order chi connectivity index (χ1) is 10.7. The molecule has 0 aliphatic rings. The van der Waals surface area contributed by atoms with Crippen molar-refractivity contribution in [2.24, 2.45) is 5.41 Å². The van der Waals surface area contributed by atoms with Crippen molar-refractivity contribution < 1.29 is 44.3 Å². The van der Waals surface area contributed by atoms with E-state index in [-0.39, 0.29) is 4.34 Å². The lowest BCUT2D eigenvalue weighted by Crippen LogP contribution is -2.65. The first-order valence-corrected chi connectivity index (χ1v) is 7.46. The van der Waals surface area contributed by atoms with Gasteiger partial charge in [0.1, 0.15) is 0 Å². The minimum absolute atomic E-state index is 0.0458. The lowest BCUT2D eigenvalue weighted by molar-refractivity contribution is -0.405. The molecule has 0 atom stereocenters. The zero-order chi connectivity index (χ0) is 19.0. The topological polar surface area (TPSA) is 54.9 Å². The van der Waals surface area contributed by atoms with Crippen molar-refractivity contribution in [1.82, 2.24) is 10.2 Å². The Morgan fingerprint density at radius 3 is 1.83 bits per heavy atom. The van der Waals surface area contributed by atoms with Gasteiger partial charge in [-0.05, 0) is 5.75 Å². The van der Waals surface area contributed by atoms with Crippen LogP contribution in [0.1, 0.15) is 6.92 Å². The predicted octanol–water partition coefficient (Wildman–Crippen LogP) is 4.26. The Morgan fingerprint density at radius 1 is 1.00 bits per heavy atom. The summed E-state index contributed by atoms with van der Waals surface area (Å²) in [6, 6.07) is 0. The maximum atomic E-state index is 12.7. The molecule has 24 heavy (non-hydrogen) atoms. The molecule has 0 saturated heterocycles. The van der Waals surface area contributed by atoms with Crippen molar-refractivity contribution >= 4 is 34.1 Å². The fourth-order valence-electron chi connectivity index (χ4n) is 1.50. The minimum Gasteiger partial charge on any atom is -0.299 e. The molecular formula is C9H6F9N3OS2. The number of nitrogens with one attached hydrogen (secondary N) is 1. The molecule has 1 aromatic heterocycles. The standard InChI is InChI=1S/C9H6F9N3OS2/c1-2-23-5-21-20-4(24-5)19-3(22)6(7(10,11)12,8(13,14)15)9(16,17)18/h2H2,1H3,(H,19,20,22). The van der Waals surface area contributed by atoms with Crippen molar-refractivity contribution in [1.29, 1.82) is 0 Å². The average molecular weight is 407 g/mol. The summed E-state index contributed by atoms with van der Waals surface area (Å²) in [4.78, 5) is 11.4. The summed E-state index contributed by atoms with van der Waals surface area (Å²) in [7, 11) is 0. The maximum absolute atomic E-state index is 12.7. The summed E-state index contributed by atoms with van der Waals surface area (Å²) in [5.74, 6) is -2.95. The first kappa shape index (κ1) is 20.8. The van der Waals surface area contributed by atoms with Crippen LogP contribution in [0, 0.1) is 5.41 Å². The van der Waals surface area contributed by atoms with Gasteiger partial charge in [-0.15, -0.1) is 10.2 Å². The number of alkyl halides is 9. The highest BCUT2D eigenvalue weighted by Crippen LogP contribution is 2.59. The van der Waals surface area contributed by atoms with E-state index in [0.717, 1.165) is 17.1 Å². The number of hydrogen-bond acceptors (Lipinski definition) is 5. The molecule has 0 aromatic carbocycles. The van der Waals surface area contributed by atoms with E-state index < -0.39 is 35.0 Å². The largest absolute Gasteiger partial charge is 0.421 e. The predicted molar refractivity (Wildman–Crippen MR) is 65.5 cm³/mol. The van der Waals surface area contributed by atoms with Gasteiger partial charge in [0.25, 0.3) is 5.91 Å². The summed E-state index contributed by atoms with van der Waals surface area (Å²) < 4.78 is 114. The Morgan fingerprint density at radius 2 is 1.46 bits per heavy atom. The number of halogens is 9. The third-order valence-corrected chi connectivity index (χ3v) is 4.37. The summed E-state index contributed by atoms with van der Waals surface area (Å²) in [5.41, 5.74) is -6.59. The van der Waals surface area contributed by atoms with Crippen LogP contribution >= 0.6 is 23.1 Å². The summed E-state index contributed by atoms with van der Waals surface area (Å²) in [6.45, 7) is 1.63. The highest BCUT2D eigenvalue weighted by Gasteiger charge is 2.88. The SMILES string of the molecule is CCSc1nnc(NC(=O)C(C(F)(F)F)(C(F)(F)F)C(F)(F)F)s1. The molecule has 0 aliphatic heterocycles. The Kier molecular flexibility index (Phi) is 5.69. The van der Waals surface area contributed by atoms with E-state index in [1.165, 1.54) is 0 Å². The zero-order valence-corrected chi connectivity index (χ0v) is 12.9. The molecular weight excluding hydrogens is 401 g/mol. The van der Waals surface area contributed by atoms with E-state index in [1.807, 2.05) is 0 Å². The molecule has 1 heterocycles. The van der Waals surface area contributed by atoms with Crippen LogP contribution in [0.2, 0.25) is 0 Å². The molecule has 0 bridgehead atoms. The quantitative estimate of drug-likeness (QED) is 0.460. The summed E-state index contributed by atoms with van der Waals surface area (Å²) in [5, 5.41) is 6.34.